The fraction of sp³-hybridized carbons (Fsp3) is 0.400. The summed E-state index contributed by atoms with van der Waals surface area (Å²) in [5.74, 6) is 0. The Hall–Kier alpha value is -1.77. The van der Waals surface area contributed by atoms with Crippen LogP contribution in [0.15, 0.2) is 47.3 Å². The van der Waals surface area contributed by atoms with Crippen molar-refractivity contribution in [2.24, 2.45) is 0 Å². The van der Waals surface area contributed by atoms with Crippen LogP contribution in [0.4, 0.5) is 4.79 Å². The lowest BCUT2D eigenvalue weighted by molar-refractivity contribution is 0.245. The molecule has 3 heteroatoms. The largest absolute Gasteiger partial charge is 0.323 e. The van der Waals surface area contributed by atoms with Crippen LogP contribution in [0, 0.1) is 0 Å². The lowest BCUT2D eigenvalue weighted by Gasteiger charge is -2.12. The zero-order valence-electron chi connectivity index (χ0n) is 10.8. The zero-order chi connectivity index (χ0) is 12.8. The normalized spacial score (nSPS) is 19.3. The van der Waals surface area contributed by atoms with Crippen LogP contribution in [0.2, 0.25) is 0 Å². The van der Waals surface area contributed by atoms with E-state index in [-0.39, 0.29) is 6.03 Å². The van der Waals surface area contributed by atoms with Crippen LogP contribution >= 0.6 is 0 Å². The highest BCUT2D eigenvalue weighted by Crippen LogP contribution is 2.15. The lowest BCUT2D eigenvalue weighted by atomic mass is 10.1. The fourth-order valence-corrected chi connectivity index (χ4v) is 2.09. The molecule has 0 radical (unpaired) electrons. The van der Waals surface area contributed by atoms with E-state index in [0.717, 1.165) is 43.5 Å². The Morgan fingerprint density at radius 1 is 1.17 bits per heavy atom. The molecule has 3 nitrogen and oxygen atoms in total. The molecule has 0 aromatic heterocycles. The molecule has 2 N–H and O–H groups in total. The molecule has 0 aromatic carbocycles. The third-order valence-electron chi connectivity index (χ3n) is 3.11. The quantitative estimate of drug-likeness (QED) is 0.766. The molecule has 2 aliphatic carbocycles. The van der Waals surface area contributed by atoms with Gasteiger partial charge in [-0.2, -0.15) is 0 Å². The minimum absolute atomic E-state index is 0.146. The van der Waals surface area contributed by atoms with Gasteiger partial charge in [0.1, 0.15) is 0 Å². The van der Waals surface area contributed by atoms with E-state index in [4.69, 9.17) is 0 Å². The topological polar surface area (TPSA) is 41.1 Å². The first-order valence-corrected chi connectivity index (χ1v) is 6.55. The standard InChI is InChI=1S/C15H20N2O/c1-12-6-5-9-14(11-10-12)17-15(18)16-13-7-3-2-4-8-13/h3,7-8,10-11H,2,4-6,9H2,1H3,(H2,16,17,18). The number of hydrogen-bond donors (Lipinski definition) is 2. The van der Waals surface area contributed by atoms with Gasteiger partial charge >= 0.3 is 6.03 Å². The van der Waals surface area contributed by atoms with Gasteiger partial charge in [0.15, 0.2) is 0 Å². The molecule has 0 unspecified atom stereocenters. The van der Waals surface area contributed by atoms with Crippen molar-refractivity contribution in [2.45, 2.75) is 39.0 Å². The molecule has 0 heterocycles. The zero-order valence-corrected chi connectivity index (χ0v) is 10.8. The van der Waals surface area contributed by atoms with Crippen molar-refractivity contribution in [3.05, 3.63) is 47.3 Å². The van der Waals surface area contributed by atoms with E-state index in [0.29, 0.717) is 0 Å². The SMILES string of the molecule is CC1=CC=C(NC(=O)NC2=CCCC=C2)CCC1. The monoisotopic (exact) mass is 244 g/mol. The molecule has 0 atom stereocenters. The molecule has 2 rings (SSSR count). The number of nitrogens with one attached hydrogen (secondary N) is 2. The van der Waals surface area contributed by atoms with Crippen molar-refractivity contribution in [1.29, 1.82) is 0 Å². The predicted octanol–water partition coefficient (Wildman–Crippen LogP) is 3.53. The van der Waals surface area contributed by atoms with Gasteiger partial charge in [-0.05, 0) is 51.2 Å². The summed E-state index contributed by atoms with van der Waals surface area (Å²) in [6, 6.07) is -0.146. The van der Waals surface area contributed by atoms with Crippen molar-refractivity contribution < 1.29 is 4.79 Å². The Balaban J connectivity index is 1.87. The molecule has 18 heavy (non-hydrogen) atoms. The van der Waals surface area contributed by atoms with Gasteiger partial charge in [0, 0.05) is 11.4 Å². The van der Waals surface area contributed by atoms with E-state index in [9.17, 15) is 4.79 Å². The van der Waals surface area contributed by atoms with Crippen molar-refractivity contribution in [3.63, 3.8) is 0 Å². The summed E-state index contributed by atoms with van der Waals surface area (Å²) in [4.78, 5) is 11.8. The Kier molecular flexibility index (Phi) is 4.40. The van der Waals surface area contributed by atoms with Crippen LogP contribution in [0.1, 0.15) is 39.0 Å². The third kappa shape index (κ3) is 3.91. The van der Waals surface area contributed by atoms with Crippen LogP contribution in [0.3, 0.4) is 0 Å². The first-order chi connectivity index (χ1) is 8.74. The van der Waals surface area contributed by atoms with Gasteiger partial charge in [-0.25, -0.2) is 4.79 Å². The molecule has 2 aliphatic rings. The minimum atomic E-state index is -0.146. The molecular formula is C15H20N2O. The molecule has 0 aromatic rings. The maximum absolute atomic E-state index is 11.8. The van der Waals surface area contributed by atoms with Crippen molar-refractivity contribution in [3.8, 4) is 0 Å². The summed E-state index contributed by atoms with van der Waals surface area (Å²) >= 11 is 0. The van der Waals surface area contributed by atoms with E-state index in [1.54, 1.807) is 0 Å². The number of amides is 2. The fourth-order valence-electron chi connectivity index (χ4n) is 2.09. The van der Waals surface area contributed by atoms with E-state index >= 15 is 0 Å². The second-order valence-electron chi connectivity index (χ2n) is 4.78. The van der Waals surface area contributed by atoms with E-state index < -0.39 is 0 Å². The number of hydrogen-bond acceptors (Lipinski definition) is 1. The predicted molar refractivity (Wildman–Crippen MR) is 73.8 cm³/mol. The molecule has 96 valence electrons. The number of urea groups is 1. The summed E-state index contributed by atoms with van der Waals surface area (Å²) in [6.07, 6.45) is 15.4. The highest BCUT2D eigenvalue weighted by atomic mass is 16.2. The van der Waals surface area contributed by atoms with Crippen LogP contribution in [-0.4, -0.2) is 6.03 Å². The van der Waals surface area contributed by atoms with E-state index in [1.165, 1.54) is 5.57 Å². The highest BCUT2D eigenvalue weighted by Gasteiger charge is 2.07. The average Bonchev–Trinajstić information content (AvgIpc) is 2.56. The van der Waals surface area contributed by atoms with Gasteiger partial charge in [0.05, 0.1) is 0 Å². The summed E-state index contributed by atoms with van der Waals surface area (Å²) in [7, 11) is 0. The molecule has 2 amide bonds. The first-order valence-electron chi connectivity index (χ1n) is 6.55. The van der Waals surface area contributed by atoms with Crippen molar-refractivity contribution in [2.75, 3.05) is 0 Å². The Morgan fingerprint density at radius 2 is 2.06 bits per heavy atom. The second kappa shape index (κ2) is 6.24. The van der Waals surface area contributed by atoms with Crippen LogP contribution < -0.4 is 10.6 Å². The maximum Gasteiger partial charge on any atom is 0.323 e. The molecule has 0 fully saturated rings. The first kappa shape index (κ1) is 12.7. The van der Waals surface area contributed by atoms with Crippen molar-refractivity contribution >= 4 is 6.03 Å². The summed E-state index contributed by atoms with van der Waals surface area (Å²) in [5.41, 5.74) is 3.24. The Morgan fingerprint density at radius 3 is 2.83 bits per heavy atom. The van der Waals surface area contributed by atoms with Gasteiger partial charge < -0.3 is 10.6 Å². The second-order valence-corrected chi connectivity index (χ2v) is 4.78. The average molecular weight is 244 g/mol. The van der Waals surface area contributed by atoms with Gasteiger partial charge in [0.2, 0.25) is 0 Å². The maximum atomic E-state index is 11.8. The Bertz CT molecular complexity index is 441. The smallest absolute Gasteiger partial charge is 0.312 e. The van der Waals surface area contributed by atoms with E-state index in [1.807, 2.05) is 18.2 Å². The molecule has 0 saturated heterocycles. The molecule has 0 spiro atoms. The minimum Gasteiger partial charge on any atom is -0.312 e. The van der Waals surface area contributed by atoms with Crippen LogP contribution in [0.25, 0.3) is 0 Å². The van der Waals surface area contributed by atoms with Gasteiger partial charge in [-0.15, -0.1) is 0 Å². The lowest BCUT2D eigenvalue weighted by Crippen LogP contribution is -2.34. The number of carbonyl (C=O) groups excluding carboxylic acids is 1. The number of allylic oxidation sites excluding steroid dienone is 7. The molecule has 0 bridgehead atoms. The van der Waals surface area contributed by atoms with Gasteiger partial charge in [-0.3, -0.25) is 0 Å². The highest BCUT2D eigenvalue weighted by molar-refractivity contribution is 5.78. The summed E-state index contributed by atoms with van der Waals surface area (Å²) in [5, 5.41) is 5.78. The molecule has 0 saturated carbocycles. The van der Waals surface area contributed by atoms with Crippen molar-refractivity contribution in [1.82, 2.24) is 10.6 Å². The van der Waals surface area contributed by atoms with Gasteiger partial charge in [-0.1, -0.05) is 23.8 Å². The number of rotatable bonds is 2. The van der Waals surface area contributed by atoms with Gasteiger partial charge in [0.25, 0.3) is 0 Å². The number of carbonyl (C=O) groups is 1. The molecule has 0 aliphatic heterocycles. The molecular weight excluding hydrogens is 224 g/mol. The van der Waals surface area contributed by atoms with Crippen LogP contribution in [-0.2, 0) is 0 Å². The Labute approximate surface area is 108 Å². The summed E-state index contributed by atoms with van der Waals surface area (Å²) in [6.45, 7) is 2.12. The summed E-state index contributed by atoms with van der Waals surface area (Å²) < 4.78 is 0. The third-order valence-corrected chi connectivity index (χ3v) is 3.11. The van der Waals surface area contributed by atoms with E-state index in [2.05, 4.69) is 29.7 Å². The van der Waals surface area contributed by atoms with Crippen LogP contribution in [0.5, 0.6) is 0 Å².